The quantitative estimate of drug-likeness (QED) is 0.481. The summed E-state index contributed by atoms with van der Waals surface area (Å²) in [6.45, 7) is 3.99. The van der Waals surface area contributed by atoms with Gasteiger partial charge in [0.05, 0.1) is 5.75 Å². The molecule has 1 aromatic rings. The Kier molecular flexibility index (Phi) is 4.54. The lowest BCUT2D eigenvalue weighted by Gasteiger charge is -2.10. The second-order valence-electron chi connectivity index (χ2n) is 4.39. The second-order valence-corrected chi connectivity index (χ2v) is 5.96. The predicted molar refractivity (Wildman–Crippen MR) is 69.7 cm³/mol. The molecule has 0 spiro atoms. The van der Waals surface area contributed by atoms with Gasteiger partial charge in [-0.05, 0) is 55.9 Å². The molecular weight excluding hydrogens is 238 g/mol. The van der Waals surface area contributed by atoms with E-state index in [0.29, 0.717) is 12.8 Å². The van der Waals surface area contributed by atoms with Crippen LogP contribution >= 0.6 is 0 Å². The number of hydrogen-bond acceptors (Lipinski definition) is 3. The van der Waals surface area contributed by atoms with Crippen LogP contribution in [0.4, 0.5) is 5.69 Å². The molecule has 0 bridgehead atoms. The van der Waals surface area contributed by atoms with Gasteiger partial charge in [0, 0.05) is 5.69 Å². The summed E-state index contributed by atoms with van der Waals surface area (Å²) in [4.78, 5) is 0. The zero-order valence-electron chi connectivity index (χ0n) is 10.2. The summed E-state index contributed by atoms with van der Waals surface area (Å²) >= 11 is 0. The average molecular weight is 257 g/mol. The Balaban J connectivity index is 2.58. The van der Waals surface area contributed by atoms with Crippen molar-refractivity contribution in [1.82, 2.24) is 0 Å². The molecular formula is C12H19NO3S. The van der Waals surface area contributed by atoms with Crippen molar-refractivity contribution in [3.63, 3.8) is 0 Å². The fourth-order valence-electron chi connectivity index (χ4n) is 1.96. The second kappa shape index (κ2) is 5.51. The Hall–Kier alpha value is -1.07. The zero-order valence-corrected chi connectivity index (χ0v) is 11.0. The molecule has 0 aliphatic carbocycles. The van der Waals surface area contributed by atoms with Crippen molar-refractivity contribution in [3.8, 4) is 0 Å². The first kappa shape index (κ1) is 14.0. The fraction of sp³-hybridized carbons (Fsp3) is 0.500. The van der Waals surface area contributed by atoms with Gasteiger partial charge >= 0.3 is 0 Å². The SMILES string of the molecule is Cc1cc(C)c(CCCCS(=O)(=O)O)c(N)c1. The minimum Gasteiger partial charge on any atom is -0.398 e. The van der Waals surface area contributed by atoms with Gasteiger partial charge in [-0.3, -0.25) is 4.55 Å². The fourth-order valence-corrected chi connectivity index (χ4v) is 2.53. The first-order chi connectivity index (χ1) is 7.79. The number of unbranched alkanes of at least 4 members (excludes halogenated alkanes) is 1. The summed E-state index contributed by atoms with van der Waals surface area (Å²) in [5.41, 5.74) is 10.0. The molecule has 1 aromatic carbocycles. The molecule has 0 unspecified atom stereocenters. The van der Waals surface area contributed by atoms with E-state index in [1.165, 1.54) is 0 Å². The first-order valence-electron chi connectivity index (χ1n) is 5.60. The van der Waals surface area contributed by atoms with Crippen molar-refractivity contribution in [2.45, 2.75) is 33.1 Å². The van der Waals surface area contributed by atoms with Crippen LogP contribution in [0.3, 0.4) is 0 Å². The minimum atomic E-state index is -3.84. The maximum Gasteiger partial charge on any atom is 0.264 e. The summed E-state index contributed by atoms with van der Waals surface area (Å²) in [6, 6.07) is 3.99. The number of benzene rings is 1. The molecule has 0 atom stereocenters. The molecule has 0 radical (unpaired) electrons. The van der Waals surface area contributed by atoms with Crippen LogP contribution < -0.4 is 5.73 Å². The summed E-state index contributed by atoms with van der Waals surface area (Å²) in [6.07, 6.45) is 1.90. The number of nitrogen functional groups attached to an aromatic ring is 1. The number of nitrogens with two attached hydrogens (primary N) is 1. The molecule has 1 rings (SSSR count). The summed E-state index contributed by atoms with van der Waals surface area (Å²) in [5.74, 6) is -0.183. The van der Waals surface area contributed by atoms with E-state index in [1.54, 1.807) is 0 Å². The molecule has 0 saturated heterocycles. The highest BCUT2D eigenvalue weighted by Gasteiger charge is 2.07. The van der Waals surface area contributed by atoms with Crippen molar-refractivity contribution in [1.29, 1.82) is 0 Å². The Morgan fingerprint density at radius 1 is 1.24 bits per heavy atom. The van der Waals surface area contributed by atoms with Gasteiger partial charge < -0.3 is 5.73 Å². The largest absolute Gasteiger partial charge is 0.398 e. The van der Waals surface area contributed by atoms with Gasteiger partial charge in [-0.2, -0.15) is 8.42 Å². The highest BCUT2D eigenvalue weighted by atomic mass is 32.2. The topological polar surface area (TPSA) is 80.4 Å². The molecule has 5 heteroatoms. The Morgan fingerprint density at radius 2 is 1.88 bits per heavy atom. The lowest BCUT2D eigenvalue weighted by molar-refractivity contribution is 0.480. The van der Waals surface area contributed by atoms with E-state index in [0.717, 1.165) is 28.8 Å². The minimum absolute atomic E-state index is 0.183. The summed E-state index contributed by atoms with van der Waals surface area (Å²) in [5, 5.41) is 0. The first-order valence-corrected chi connectivity index (χ1v) is 7.21. The van der Waals surface area contributed by atoms with Gasteiger partial charge in [0.25, 0.3) is 10.1 Å². The van der Waals surface area contributed by atoms with Crippen molar-refractivity contribution in [2.24, 2.45) is 0 Å². The highest BCUT2D eigenvalue weighted by molar-refractivity contribution is 7.85. The van der Waals surface area contributed by atoms with Crippen LogP contribution in [-0.4, -0.2) is 18.7 Å². The Morgan fingerprint density at radius 3 is 2.41 bits per heavy atom. The van der Waals surface area contributed by atoms with Crippen LogP contribution in [0.2, 0.25) is 0 Å². The van der Waals surface area contributed by atoms with Crippen molar-refractivity contribution in [3.05, 3.63) is 28.8 Å². The number of rotatable bonds is 5. The van der Waals surface area contributed by atoms with Crippen LogP contribution in [-0.2, 0) is 16.5 Å². The van der Waals surface area contributed by atoms with Gasteiger partial charge in [-0.25, -0.2) is 0 Å². The Bertz CT molecular complexity index is 471. The number of hydrogen-bond donors (Lipinski definition) is 2. The lowest BCUT2D eigenvalue weighted by atomic mass is 9.99. The normalized spacial score (nSPS) is 11.7. The van der Waals surface area contributed by atoms with Gasteiger partial charge in [0.15, 0.2) is 0 Å². The molecule has 0 amide bonds. The van der Waals surface area contributed by atoms with Gasteiger partial charge in [0.1, 0.15) is 0 Å². The van der Waals surface area contributed by atoms with Crippen molar-refractivity contribution < 1.29 is 13.0 Å². The van der Waals surface area contributed by atoms with Crippen LogP contribution in [0.25, 0.3) is 0 Å². The van der Waals surface area contributed by atoms with Crippen LogP contribution in [0.5, 0.6) is 0 Å². The predicted octanol–water partition coefficient (Wildman–Crippen LogP) is 2.10. The number of aryl methyl sites for hydroxylation is 2. The van der Waals surface area contributed by atoms with E-state index in [-0.39, 0.29) is 5.75 Å². The molecule has 0 heterocycles. The van der Waals surface area contributed by atoms with Gasteiger partial charge in [0.2, 0.25) is 0 Å². The maximum atomic E-state index is 10.6. The molecule has 0 aliphatic rings. The molecule has 0 fully saturated rings. The van der Waals surface area contributed by atoms with Crippen molar-refractivity contribution in [2.75, 3.05) is 11.5 Å². The third kappa shape index (κ3) is 4.75. The summed E-state index contributed by atoms with van der Waals surface area (Å²) in [7, 11) is -3.84. The summed E-state index contributed by atoms with van der Waals surface area (Å²) < 4.78 is 29.7. The third-order valence-corrected chi connectivity index (χ3v) is 3.54. The number of anilines is 1. The monoisotopic (exact) mass is 257 g/mol. The molecule has 0 aromatic heterocycles. The maximum absolute atomic E-state index is 10.6. The highest BCUT2D eigenvalue weighted by Crippen LogP contribution is 2.21. The lowest BCUT2D eigenvalue weighted by Crippen LogP contribution is -2.05. The smallest absolute Gasteiger partial charge is 0.264 e. The third-order valence-electron chi connectivity index (χ3n) is 2.73. The molecule has 3 N–H and O–H groups in total. The molecule has 17 heavy (non-hydrogen) atoms. The van der Waals surface area contributed by atoms with E-state index in [4.69, 9.17) is 10.3 Å². The van der Waals surface area contributed by atoms with Gasteiger partial charge in [-0.15, -0.1) is 0 Å². The van der Waals surface area contributed by atoms with Crippen LogP contribution in [0.1, 0.15) is 29.5 Å². The molecule has 0 aliphatic heterocycles. The van der Waals surface area contributed by atoms with Gasteiger partial charge in [-0.1, -0.05) is 6.07 Å². The molecule has 96 valence electrons. The molecule has 4 nitrogen and oxygen atoms in total. The van der Waals surface area contributed by atoms with E-state index < -0.39 is 10.1 Å². The van der Waals surface area contributed by atoms with Crippen LogP contribution in [0.15, 0.2) is 12.1 Å². The van der Waals surface area contributed by atoms with E-state index in [1.807, 2.05) is 19.9 Å². The van der Waals surface area contributed by atoms with Crippen LogP contribution in [0, 0.1) is 13.8 Å². The standard InChI is InChI=1S/C12H19NO3S/c1-9-7-10(2)11(12(13)8-9)5-3-4-6-17(14,15)16/h7-8H,3-6,13H2,1-2H3,(H,14,15,16). The Labute approximate surface area is 103 Å². The zero-order chi connectivity index (χ0) is 13.1. The van der Waals surface area contributed by atoms with E-state index in [9.17, 15) is 8.42 Å². The molecule has 0 saturated carbocycles. The van der Waals surface area contributed by atoms with E-state index >= 15 is 0 Å². The van der Waals surface area contributed by atoms with E-state index in [2.05, 4.69) is 6.07 Å². The average Bonchev–Trinajstić information content (AvgIpc) is 2.13. The van der Waals surface area contributed by atoms with Crippen molar-refractivity contribution >= 4 is 15.8 Å².